The first-order chi connectivity index (χ1) is 10.2. The Bertz CT molecular complexity index is 693. The molecule has 0 saturated carbocycles. The van der Waals surface area contributed by atoms with Gasteiger partial charge >= 0.3 is 0 Å². The van der Waals surface area contributed by atoms with E-state index in [0.717, 1.165) is 6.07 Å². The van der Waals surface area contributed by atoms with Crippen LogP contribution < -0.4 is 5.32 Å². The van der Waals surface area contributed by atoms with Crippen LogP contribution in [-0.2, 0) is 6.54 Å². The van der Waals surface area contributed by atoms with Crippen LogP contribution in [0.15, 0.2) is 36.5 Å². The van der Waals surface area contributed by atoms with Crippen molar-refractivity contribution in [2.24, 2.45) is 0 Å². The highest BCUT2D eigenvalue weighted by Gasteiger charge is 2.09. The van der Waals surface area contributed by atoms with Gasteiger partial charge in [-0.3, -0.25) is 4.79 Å². The summed E-state index contributed by atoms with van der Waals surface area (Å²) in [5, 5.41) is 18.7. The van der Waals surface area contributed by atoms with Crippen LogP contribution >= 0.6 is 0 Å². The second-order valence-corrected chi connectivity index (χ2v) is 4.05. The van der Waals surface area contributed by atoms with Crippen LogP contribution in [0.5, 0.6) is 0 Å². The second kappa shape index (κ2) is 7.12. The van der Waals surface area contributed by atoms with Gasteiger partial charge in [0.1, 0.15) is 12.4 Å². The molecule has 0 saturated heterocycles. The fourth-order valence-electron chi connectivity index (χ4n) is 1.59. The topological polar surface area (TPSA) is 75.1 Å². The Morgan fingerprint density at radius 3 is 2.90 bits per heavy atom. The number of aromatic nitrogens is 2. The molecule has 2 N–H and O–H groups in total. The van der Waals surface area contributed by atoms with Gasteiger partial charge < -0.3 is 10.4 Å². The molecular formula is C15H12FN3O2. The van der Waals surface area contributed by atoms with E-state index in [9.17, 15) is 9.18 Å². The zero-order valence-electron chi connectivity index (χ0n) is 11.0. The van der Waals surface area contributed by atoms with Crippen LogP contribution in [0.4, 0.5) is 4.39 Å². The summed E-state index contributed by atoms with van der Waals surface area (Å²) in [6, 6.07) is 7.41. The number of amides is 1. The number of nitrogens with zero attached hydrogens (tertiary/aromatic N) is 2. The average molecular weight is 285 g/mol. The molecule has 1 heterocycles. The molecule has 0 fully saturated rings. The number of aliphatic hydroxyl groups is 1. The lowest BCUT2D eigenvalue weighted by Gasteiger charge is -2.05. The molecular weight excluding hydrogens is 273 g/mol. The number of nitrogens with one attached hydrogen (secondary N) is 1. The van der Waals surface area contributed by atoms with E-state index in [1.165, 1.54) is 18.3 Å². The van der Waals surface area contributed by atoms with Crippen molar-refractivity contribution < 1.29 is 14.3 Å². The summed E-state index contributed by atoms with van der Waals surface area (Å²) >= 11 is 0. The molecule has 106 valence electrons. The van der Waals surface area contributed by atoms with Crippen molar-refractivity contribution in [2.75, 3.05) is 6.61 Å². The van der Waals surface area contributed by atoms with Crippen molar-refractivity contribution >= 4 is 5.91 Å². The Balaban J connectivity index is 2.04. The van der Waals surface area contributed by atoms with E-state index in [2.05, 4.69) is 27.4 Å². The summed E-state index contributed by atoms with van der Waals surface area (Å²) in [7, 11) is 0. The number of carbonyl (C=O) groups excluding carboxylic acids is 1. The molecule has 6 heteroatoms. The van der Waals surface area contributed by atoms with Crippen LogP contribution in [0.3, 0.4) is 0 Å². The van der Waals surface area contributed by atoms with Crippen molar-refractivity contribution in [3.63, 3.8) is 0 Å². The van der Waals surface area contributed by atoms with Crippen molar-refractivity contribution in [1.82, 2.24) is 15.5 Å². The van der Waals surface area contributed by atoms with Gasteiger partial charge in [0.05, 0.1) is 17.8 Å². The lowest BCUT2D eigenvalue weighted by molar-refractivity contribution is 0.0950. The molecule has 5 nitrogen and oxygen atoms in total. The number of aliphatic hydroxyl groups excluding tert-OH is 1. The smallest absolute Gasteiger partial charge is 0.251 e. The summed E-state index contributed by atoms with van der Waals surface area (Å²) in [4.78, 5) is 11.9. The Labute approximate surface area is 120 Å². The van der Waals surface area contributed by atoms with Gasteiger partial charge in [-0.15, -0.1) is 0 Å². The van der Waals surface area contributed by atoms with Crippen LogP contribution in [0, 0.1) is 17.7 Å². The highest BCUT2D eigenvalue weighted by atomic mass is 19.1. The van der Waals surface area contributed by atoms with Gasteiger partial charge in [0.25, 0.3) is 5.91 Å². The normalized spacial score (nSPS) is 9.62. The molecule has 0 radical (unpaired) electrons. The molecule has 0 bridgehead atoms. The molecule has 0 unspecified atom stereocenters. The molecule has 21 heavy (non-hydrogen) atoms. The summed E-state index contributed by atoms with van der Waals surface area (Å²) in [6.45, 7) is -0.139. The number of hydrogen-bond donors (Lipinski definition) is 2. The predicted molar refractivity (Wildman–Crippen MR) is 73.6 cm³/mol. The minimum atomic E-state index is -0.608. The van der Waals surface area contributed by atoms with E-state index in [4.69, 9.17) is 5.11 Å². The first kappa shape index (κ1) is 14.6. The largest absolute Gasteiger partial charge is 0.384 e. The first-order valence-electron chi connectivity index (χ1n) is 6.15. The SMILES string of the molecule is O=C(NCc1cccnn1)c1ccc(C#CCO)c(F)c1. The third kappa shape index (κ3) is 4.09. The molecule has 2 aromatic rings. The number of benzene rings is 1. The van der Waals surface area contributed by atoms with E-state index < -0.39 is 11.7 Å². The Morgan fingerprint density at radius 1 is 1.38 bits per heavy atom. The zero-order valence-corrected chi connectivity index (χ0v) is 11.0. The van der Waals surface area contributed by atoms with Crippen LogP contribution in [0.2, 0.25) is 0 Å². The molecule has 1 aromatic heterocycles. The highest BCUT2D eigenvalue weighted by Crippen LogP contribution is 2.09. The summed E-state index contributed by atoms with van der Waals surface area (Å²) < 4.78 is 13.7. The summed E-state index contributed by atoms with van der Waals surface area (Å²) in [5.41, 5.74) is 0.928. The number of rotatable bonds is 3. The lowest BCUT2D eigenvalue weighted by atomic mass is 10.1. The standard InChI is InChI=1S/C15H12FN3O2/c16-14-9-12(6-5-11(14)3-2-8-20)15(21)17-10-13-4-1-7-18-19-13/h1,4-7,9,20H,8,10H2,(H,17,21). The summed E-state index contributed by atoms with van der Waals surface area (Å²) in [6.07, 6.45) is 1.53. The fourth-order valence-corrected chi connectivity index (χ4v) is 1.59. The van der Waals surface area contributed by atoms with Gasteiger partial charge in [-0.05, 0) is 30.3 Å². The molecule has 1 aromatic carbocycles. The zero-order chi connectivity index (χ0) is 15.1. The van der Waals surface area contributed by atoms with E-state index >= 15 is 0 Å². The number of hydrogen-bond acceptors (Lipinski definition) is 4. The number of carbonyl (C=O) groups is 1. The lowest BCUT2D eigenvalue weighted by Crippen LogP contribution is -2.23. The Morgan fingerprint density at radius 2 is 2.24 bits per heavy atom. The van der Waals surface area contributed by atoms with Crippen molar-refractivity contribution in [1.29, 1.82) is 0 Å². The maximum Gasteiger partial charge on any atom is 0.251 e. The van der Waals surface area contributed by atoms with Gasteiger partial charge in [0.2, 0.25) is 0 Å². The minimum absolute atomic E-state index is 0.134. The molecule has 2 rings (SSSR count). The predicted octanol–water partition coefficient (Wildman–Crippen LogP) is 0.889. The van der Waals surface area contributed by atoms with Gasteiger partial charge in [-0.25, -0.2) is 4.39 Å². The van der Waals surface area contributed by atoms with Gasteiger partial charge in [-0.2, -0.15) is 10.2 Å². The highest BCUT2D eigenvalue weighted by molar-refractivity contribution is 5.94. The first-order valence-corrected chi connectivity index (χ1v) is 6.15. The van der Waals surface area contributed by atoms with Crippen molar-refractivity contribution in [3.05, 3.63) is 59.2 Å². The molecule has 0 atom stereocenters. The van der Waals surface area contributed by atoms with Crippen molar-refractivity contribution in [2.45, 2.75) is 6.54 Å². The third-order valence-corrected chi connectivity index (χ3v) is 2.59. The molecule has 1 amide bonds. The molecule has 0 aliphatic carbocycles. The maximum atomic E-state index is 13.7. The Kier molecular flexibility index (Phi) is 4.96. The van der Waals surface area contributed by atoms with Crippen LogP contribution in [0.1, 0.15) is 21.6 Å². The van der Waals surface area contributed by atoms with E-state index in [-0.39, 0.29) is 24.3 Å². The van der Waals surface area contributed by atoms with Crippen LogP contribution in [-0.4, -0.2) is 27.8 Å². The number of halogens is 1. The van der Waals surface area contributed by atoms with Gasteiger partial charge in [0.15, 0.2) is 0 Å². The minimum Gasteiger partial charge on any atom is -0.384 e. The second-order valence-electron chi connectivity index (χ2n) is 4.05. The van der Waals surface area contributed by atoms with Crippen LogP contribution in [0.25, 0.3) is 0 Å². The molecule has 0 spiro atoms. The maximum absolute atomic E-state index is 13.7. The molecule has 0 aliphatic heterocycles. The van der Waals surface area contributed by atoms with Gasteiger partial charge in [-0.1, -0.05) is 11.8 Å². The van der Waals surface area contributed by atoms with Gasteiger partial charge in [0, 0.05) is 11.8 Å². The quantitative estimate of drug-likeness (QED) is 0.821. The van der Waals surface area contributed by atoms with E-state index in [1.807, 2.05) is 0 Å². The molecule has 0 aliphatic rings. The van der Waals surface area contributed by atoms with Crippen molar-refractivity contribution in [3.8, 4) is 11.8 Å². The van der Waals surface area contributed by atoms with E-state index in [1.54, 1.807) is 12.1 Å². The Hall–Kier alpha value is -2.78. The van der Waals surface area contributed by atoms with E-state index in [0.29, 0.717) is 5.69 Å². The average Bonchev–Trinajstić information content (AvgIpc) is 2.52. The third-order valence-electron chi connectivity index (χ3n) is 2.59. The fraction of sp³-hybridized carbons (Fsp3) is 0.133. The summed E-state index contributed by atoms with van der Waals surface area (Å²) in [5.74, 6) is 3.79. The monoisotopic (exact) mass is 285 g/mol.